The molecule has 80 valence electrons. The Bertz CT molecular complexity index is 346. The lowest BCUT2D eigenvalue weighted by Crippen LogP contribution is -1.99. The highest BCUT2D eigenvalue weighted by Gasteiger charge is 2.05. The zero-order valence-electron chi connectivity index (χ0n) is 8.44. The Kier molecular flexibility index (Phi) is 6.30. The van der Waals surface area contributed by atoms with Crippen molar-refractivity contribution >= 4 is 28.2 Å². The van der Waals surface area contributed by atoms with Crippen molar-refractivity contribution in [2.45, 2.75) is 4.90 Å². The maximum Gasteiger partial charge on any atom is 0.231 e. The van der Waals surface area contributed by atoms with Gasteiger partial charge in [0, 0.05) is 0 Å². The second-order valence-electron chi connectivity index (χ2n) is 3.09. The third-order valence-corrected chi connectivity index (χ3v) is 3.39. The van der Waals surface area contributed by atoms with E-state index in [0.717, 1.165) is 0 Å². The minimum Gasteiger partial charge on any atom is -0.312 e. The van der Waals surface area contributed by atoms with Crippen LogP contribution in [-0.2, 0) is 7.01 Å². The summed E-state index contributed by atoms with van der Waals surface area (Å²) < 4.78 is 21.6. The summed E-state index contributed by atoms with van der Waals surface area (Å²) in [6, 6.07) is 8.33. The first-order chi connectivity index (χ1) is 6.34. The van der Waals surface area contributed by atoms with Gasteiger partial charge in [0.15, 0.2) is 0 Å². The predicted molar refractivity (Wildman–Crippen MR) is 67.3 cm³/mol. The van der Waals surface area contributed by atoms with Crippen LogP contribution in [0.4, 0.5) is 0 Å². The summed E-state index contributed by atoms with van der Waals surface area (Å²) in [5.41, 5.74) is 0. The largest absolute Gasteiger partial charge is 0.312 e. The predicted octanol–water partition coefficient (Wildman–Crippen LogP) is 1.99. The molecule has 0 N–H and O–H groups in total. The Morgan fingerprint density at radius 2 is 1.43 bits per heavy atom. The highest BCUT2D eigenvalue weighted by molar-refractivity contribution is 14.2. The van der Waals surface area contributed by atoms with E-state index in [1.807, 2.05) is 26.0 Å². The second kappa shape index (κ2) is 6.36. The van der Waals surface area contributed by atoms with Crippen molar-refractivity contribution in [3.8, 4) is 0 Å². The molecule has 0 aliphatic rings. The second-order valence-corrected chi connectivity index (χ2v) is 7.92. The molecule has 0 bridgehead atoms. The number of halogens is 1. The van der Waals surface area contributed by atoms with Crippen LogP contribution < -0.4 is 0 Å². The third kappa shape index (κ3) is 7.28. The molecule has 0 amide bonds. The smallest absolute Gasteiger partial charge is 0.231 e. The Hall–Kier alpha value is -0.140. The van der Waals surface area contributed by atoms with Crippen molar-refractivity contribution in [3.05, 3.63) is 30.3 Å². The van der Waals surface area contributed by atoms with Gasteiger partial charge in [-0.1, -0.05) is 18.2 Å². The van der Waals surface area contributed by atoms with Gasteiger partial charge in [-0.2, -0.15) is 0 Å². The normalized spacial score (nSPS) is 10.6. The summed E-state index contributed by atoms with van der Waals surface area (Å²) >= 11 is 1.41. The molecule has 0 atom stereocenters. The van der Waals surface area contributed by atoms with Gasteiger partial charge in [0.1, 0.15) is 0 Å². The van der Waals surface area contributed by atoms with Crippen molar-refractivity contribution in [2.75, 3.05) is 21.1 Å². The van der Waals surface area contributed by atoms with Crippen LogP contribution in [0.1, 0.15) is 0 Å². The quantitative estimate of drug-likeness (QED) is 0.585. The van der Waals surface area contributed by atoms with Crippen LogP contribution >= 0.6 is 21.2 Å². The van der Waals surface area contributed by atoms with Crippen LogP contribution in [-0.4, -0.2) is 34.5 Å². The van der Waals surface area contributed by atoms with Gasteiger partial charge < -0.3 is 4.90 Å². The zero-order valence-corrected chi connectivity index (χ0v) is 11.4. The van der Waals surface area contributed by atoms with Crippen LogP contribution in [0.3, 0.4) is 0 Å². The molecule has 1 aromatic carbocycles. The van der Waals surface area contributed by atoms with Crippen molar-refractivity contribution in [1.29, 1.82) is 0 Å². The number of benzene rings is 1. The molecule has 0 aromatic heterocycles. The first kappa shape index (κ1) is 13.9. The fraction of sp³-hybridized carbons (Fsp3) is 0.333. The van der Waals surface area contributed by atoms with Gasteiger partial charge >= 0.3 is 0 Å². The number of hydrogen-bond acceptors (Lipinski definition) is 3. The molecule has 3 nitrogen and oxygen atoms in total. The van der Waals surface area contributed by atoms with Crippen molar-refractivity contribution in [1.82, 2.24) is 4.90 Å². The minimum absolute atomic E-state index is 0.357. The lowest BCUT2D eigenvalue weighted by Gasteiger charge is -1.91. The van der Waals surface area contributed by atoms with Gasteiger partial charge in [-0.05, 0) is 33.3 Å². The minimum atomic E-state index is -3.03. The summed E-state index contributed by atoms with van der Waals surface area (Å²) in [6.45, 7) is 0. The van der Waals surface area contributed by atoms with E-state index < -0.39 is 7.01 Å². The van der Waals surface area contributed by atoms with E-state index in [1.54, 1.807) is 30.3 Å². The number of rotatable bonds is 1. The molecule has 14 heavy (non-hydrogen) atoms. The van der Waals surface area contributed by atoms with E-state index in [4.69, 9.17) is 0 Å². The highest BCUT2D eigenvalue weighted by Crippen LogP contribution is 2.15. The molecule has 0 saturated carbocycles. The van der Waals surface area contributed by atoms with Crippen LogP contribution in [0.25, 0.3) is 0 Å². The lowest BCUT2D eigenvalue weighted by molar-refractivity contribution is 0.505. The molecule has 1 rings (SSSR count). The van der Waals surface area contributed by atoms with E-state index in [-0.39, 0.29) is 0 Å². The summed E-state index contributed by atoms with van der Waals surface area (Å²) in [6.07, 6.45) is 0. The standard InChI is InChI=1S/C6H5IO2S.C3H9N/c7-10(8,9)6-4-2-1-3-5-6;1-4(2)3/h1-5H;1-3H3. The fourth-order valence-electron chi connectivity index (χ4n) is 0.583. The van der Waals surface area contributed by atoms with E-state index in [9.17, 15) is 8.42 Å². The van der Waals surface area contributed by atoms with Gasteiger partial charge in [-0.25, -0.2) is 8.42 Å². The summed E-state index contributed by atoms with van der Waals surface area (Å²) in [4.78, 5) is 2.36. The van der Waals surface area contributed by atoms with Crippen LogP contribution in [0.5, 0.6) is 0 Å². The molecule has 0 spiro atoms. The zero-order chi connectivity index (χ0) is 11.2. The van der Waals surface area contributed by atoms with Crippen molar-refractivity contribution in [3.63, 3.8) is 0 Å². The Morgan fingerprint density at radius 1 is 1.07 bits per heavy atom. The summed E-state index contributed by atoms with van der Waals surface area (Å²) in [7, 11) is 2.97. The average Bonchev–Trinajstić information content (AvgIpc) is 2.03. The molecule has 0 fully saturated rings. The van der Waals surface area contributed by atoms with Crippen LogP contribution in [0, 0.1) is 0 Å². The molecular weight excluding hydrogens is 313 g/mol. The Morgan fingerprint density at radius 3 is 1.64 bits per heavy atom. The SMILES string of the molecule is CN(C)C.O=S(=O)(I)c1ccccc1. The van der Waals surface area contributed by atoms with Crippen LogP contribution in [0.15, 0.2) is 35.2 Å². The molecule has 5 heteroatoms. The molecule has 1 aromatic rings. The molecule has 0 radical (unpaired) electrons. The average molecular weight is 327 g/mol. The van der Waals surface area contributed by atoms with Gasteiger partial charge in [-0.3, -0.25) is 0 Å². The molecule has 0 aliphatic carbocycles. The van der Waals surface area contributed by atoms with E-state index >= 15 is 0 Å². The first-order valence-electron chi connectivity index (χ1n) is 3.94. The van der Waals surface area contributed by atoms with Gasteiger partial charge in [0.05, 0.1) is 26.1 Å². The highest BCUT2D eigenvalue weighted by atomic mass is 127. The number of hydrogen-bond donors (Lipinski definition) is 0. The maximum absolute atomic E-state index is 10.8. The molecular formula is C9H14INO2S. The monoisotopic (exact) mass is 327 g/mol. The number of nitrogens with zero attached hydrogens (tertiary/aromatic N) is 1. The molecule has 0 saturated heterocycles. The summed E-state index contributed by atoms with van der Waals surface area (Å²) in [5, 5.41) is 0. The summed E-state index contributed by atoms with van der Waals surface area (Å²) in [5.74, 6) is 0. The topological polar surface area (TPSA) is 37.4 Å². The van der Waals surface area contributed by atoms with E-state index in [2.05, 4.69) is 0 Å². The molecule has 0 unspecified atom stereocenters. The molecule has 0 heterocycles. The lowest BCUT2D eigenvalue weighted by atomic mass is 10.4. The van der Waals surface area contributed by atoms with E-state index in [1.165, 1.54) is 21.2 Å². The van der Waals surface area contributed by atoms with Crippen molar-refractivity contribution < 1.29 is 8.42 Å². The fourth-order valence-corrected chi connectivity index (χ4v) is 1.95. The molecule has 0 aliphatic heterocycles. The first-order valence-corrected chi connectivity index (χ1v) is 7.97. The van der Waals surface area contributed by atoms with E-state index in [0.29, 0.717) is 4.90 Å². The maximum atomic E-state index is 10.8. The van der Waals surface area contributed by atoms with Gasteiger partial charge in [0.2, 0.25) is 7.01 Å². The Balaban J connectivity index is 0.000000364. The third-order valence-electron chi connectivity index (χ3n) is 1.02. The Labute approximate surface area is 97.6 Å². The van der Waals surface area contributed by atoms with Gasteiger partial charge in [-0.15, -0.1) is 0 Å². The van der Waals surface area contributed by atoms with Crippen LogP contribution in [0.2, 0.25) is 0 Å². The van der Waals surface area contributed by atoms with Gasteiger partial charge in [0.25, 0.3) is 0 Å². The van der Waals surface area contributed by atoms with Crippen molar-refractivity contribution in [2.24, 2.45) is 0 Å².